The molecule has 0 saturated carbocycles. The summed E-state index contributed by atoms with van der Waals surface area (Å²) in [6.07, 6.45) is -2.39. The molecular weight excluding hydrogens is 226 g/mol. The molecule has 6 nitrogen and oxygen atoms in total. The zero-order valence-electron chi connectivity index (χ0n) is 9.08. The van der Waals surface area contributed by atoms with E-state index in [0.29, 0.717) is 0 Å². The minimum absolute atomic E-state index is 0.00788. The smallest absolute Gasteiger partial charge is 0.252 e. The first-order chi connectivity index (χ1) is 7.97. The fourth-order valence-electron chi connectivity index (χ4n) is 1.45. The van der Waals surface area contributed by atoms with Crippen LogP contribution < -0.4 is 5.73 Å². The molecule has 0 aliphatic rings. The second-order valence-electron chi connectivity index (χ2n) is 3.67. The van der Waals surface area contributed by atoms with Crippen molar-refractivity contribution in [2.75, 3.05) is 6.61 Å². The van der Waals surface area contributed by atoms with Crippen molar-refractivity contribution in [1.82, 2.24) is 0 Å². The lowest BCUT2D eigenvalue weighted by molar-refractivity contribution is 0.00416. The number of phenols is 1. The number of hydrogen-bond donors (Lipinski definition) is 5. The quantitative estimate of drug-likeness (QED) is 0.465. The second kappa shape index (κ2) is 5.62. The summed E-state index contributed by atoms with van der Waals surface area (Å²) in [5.41, 5.74) is 5.16. The van der Waals surface area contributed by atoms with Crippen LogP contribution >= 0.6 is 0 Å². The Balaban J connectivity index is 2.99. The van der Waals surface area contributed by atoms with Crippen LogP contribution in [0.25, 0.3) is 0 Å². The van der Waals surface area contributed by atoms with Gasteiger partial charge in [-0.25, -0.2) is 0 Å². The SMILES string of the molecule is NC(=O)c1cc(C(O)C(O)CCO)ccc1O. The van der Waals surface area contributed by atoms with E-state index >= 15 is 0 Å². The Morgan fingerprint density at radius 1 is 1.35 bits per heavy atom. The average molecular weight is 241 g/mol. The summed E-state index contributed by atoms with van der Waals surface area (Å²) in [4.78, 5) is 11.0. The lowest BCUT2D eigenvalue weighted by Gasteiger charge is -2.17. The van der Waals surface area contributed by atoms with Gasteiger partial charge in [0.1, 0.15) is 11.9 Å². The molecule has 0 radical (unpaired) electrons. The third-order valence-corrected chi connectivity index (χ3v) is 2.42. The van der Waals surface area contributed by atoms with E-state index in [1.807, 2.05) is 0 Å². The molecule has 0 bridgehead atoms. The van der Waals surface area contributed by atoms with E-state index in [-0.39, 0.29) is 29.9 Å². The van der Waals surface area contributed by atoms with Crippen molar-refractivity contribution in [2.45, 2.75) is 18.6 Å². The van der Waals surface area contributed by atoms with Crippen LogP contribution in [0.1, 0.15) is 28.4 Å². The molecule has 1 aromatic carbocycles. The fourth-order valence-corrected chi connectivity index (χ4v) is 1.45. The maximum atomic E-state index is 11.0. The molecule has 0 fully saturated rings. The zero-order chi connectivity index (χ0) is 13.0. The first kappa shape index (κ1) is 13.4. The molecule has 2 atom stereocenters. The van der Waals surface area contributed by atoms with E-state index in [2.05, 4.69) is 0 Å². The lowest BCUT2D eigenvalue weighted by atomic mass is 9.99. The van der Waals surface area contributed by atoms with Crippen molar-refractivity contribution >= 4 is 5.91 Å². The van der Waals surface area contributed by atoms with Gasteiger partial charge in [0.05, 0.1) is 11.7 Å². The van der Waals surface area contributed by atoms with Gasteiger partial charge in [0, 0.05) is 6.61 Å². The molecule has 17 heavy (non-hydrogen) atoms. The van der Waals surface area contributed by atoms with Crippen molar-refractivity contribution in [3.8, 4) is 5.75 Å². The Morgan fingerprint density at radius 2 is 2.00 bits per heavy atom. The Morgan fingerprint density at radius 3 is 2.53 bits per heavy atom. The van der Waals surface area contributed by atoms with Gasteiger partial charge >= 0.3 is 0 Å². The number of aromatic hydroxyl groups is 1. The van der Waals surface area contributed by atoms with Gasteiger partial charge < -0.3 is 26.2 Å². The molecule has 1 aromatic rings. The Bertz CT molecular complexity index is 407. The topological polar surface area (TPSA) is 124 Å². The number of rotatable bonds is 5. The molecular formula is C11H15NO5. The third-order valence-electron chi connectivity index (χ3n) is 2.42. The first-order valence-corrected chi connectivity index (χ1v) is 5.07. The van der Waals surface area contributed by atoms with Crippen LogP contribution in [0.15, 0.2) is 18.2 Å². The molecule has 0 aromatic heterocycles. The van der Waals surface area contributed by atoms with Gasteiger partial charge in [-0.1, -0.05) is 6.07 Å². The van der Waals surface area contributed by atoms with E-state index in [9.17, 15) is 20.1 Å². The summed E-state index contributed by atoms with van der Waals surface area (Å²) in [5.74, 6) is -1.11. The molecule has 94 valence electrons. The molecule has 6 N–H and O–H groups in total. The van der Waals surface area contributed by atoms with Gasteiger partial charge in [-0.15, -0.1) is 0 Å². The number of nitrogens with two attached hydrogens (primary N) is 1. The van der Waals surface area contributed by atoms with E-state index in [1.165, 1.54) is 18.2 Å². The number of carbonyl (C=O) groups excluding carboxylic acids is 1. The number of carbonyl (C=O) groups is 1. The lowest BCUT2D eigenvalue weighted by Crippen LogP contribution is -2.20. The number of hydrogen-bond acceptors (Lipinski definition) is 5. The van der Waals surface area contributed by atoms with Crippen molar-refractivity contribution in [1.29, 1.82) is 0 Å². The van der Waals surface area contributed by atoms with Crippen LogP contribution in [0.2, 0.25) is 0 Å². The first-order valence-electron chi connectivity index (χ1n) is 5.07. The summed E-state index contributed by atoms with van der Waals surface area (Å²) < 4.78 is 0. The Labute approximate surface area is 97.9 Å². The van der Waals surface area contributed by atoms with Crippen LogP contribution in [-0.2, 0) is 0 Å². The predicted molar refractivity (Wildman–Crippen MR) is 59.3 cm³/mol. The number of amides is 1. The van der Waals surface area contributed by atoms with Gasteiger partial charge in [-0.3, -0.25) is 4.79 Å². The van der Waals surface area contributed by atoms with Crippen LogP contribution in [0.5, 0.6) is 5.75 Å². The number of primary amides is 1. The summed E-state index contributed by atoms with van der Waals surface area (Å²) >= 11 is 0. The van der Waals surface area contributed by atoms with Gasteiger partial charge in [0.2, 0.25) is 0 Å². The average Bonchev–Trinajstić information content (AvgIpc) is 2.28. The normalized spacial score (nSPS) is 14.3. The molecule has 0 aliphatic heterocycles. The minimum atomic E-state index is -1.25. The fraction of sp³-hybridized carbons (Fsp3) is 0.364. The van der Waals surface area contributed by atoms with Crippen LogP contribution in [0.4, 0.5) is 0 Å². The highest BCUT2D eigenvalue weighted by atomic mass is 16.3. The summed E-state index contributed by atoms with van der Waals surface area (Å²) in [5, 5.41) is 37.2. The third kappa shape index (κ3) is 3.16. The van der Waals surface area contributed by atoms with Crippen LogP contribution in [0, 0.1) is 0 Å². The van der Waals surface area contributed by atoms with Crippen molar-refractivity contribution in [3.05, 3.63) is 29.3 Å². The van der Waals surface area contributed by atoms with Gasteiger partial charge in [-0.05, 0) is 24.1 Å². The van der Waals surface area contributed by atoms with Crippen molar-refractivity contribution < 1.29 is 25.2 Å². The summed E-state index contributed by atoms with van der Waals surface area (Å²) in [6, 6.07) is 3.79. The van der Waals surface area contributed by atoms with Crippen LogP contribution in [0.3, 0.4) is 0 Å². The van der Waals surface area contributed by atoms with Crippen molar-refractivity contribution in [3.63, 3.8) is 0 Å². The molecule has 2 unspecified atom stereocenters. The maximum absolute atomic E-state index is 11.0. The molecule has 0 heterocycles. The minimum Gasteiger partial charge on any atom is -0.507 e. The van der Waals surface area contributed by atoms with E-state index < -0.39 is 18.1 Å². The van der Waals surface area contributed by atoms with E-state index in [0.717, 1.165) is 0 Å². The molecule has 0 aliphatic carbocycles. The highest BCUT2D eigenvalue weighted by Gasteiger charge is 2.19. The van der Waals surface area contributed by atoms with E-state index in [1.54, 1.807) is 0 Å². The monoisotopic (exact) mass is 241 g/mol. The zero-order valence-corrected chi connectivity index (χ0v) is 9.08. The highest BCUT2D eigenvalue weighted by molar-refractivity contribution is 5.95. The predicted octanol–water partition coefficient (Wildman–Crippen LogP) is -0.732. The van der Waals surface area contributed by atoms with Crippen molar-refractivity contribution in [2.24, 2.45) is 5.73 Å². The van der Waals surface area contributed by atoms with Gasteiger partial charge in [0.15, 0.2) is 0 Å². The van der Waals surface area contributed by atoms with Gasteiger partial charge in [-0.2, -0.15) is 0 Å². The molecule has 6 heteroatoms. The standard InChI is InChI=1S/C11H15NO5/c12-11(17)7-5-6(1-2-8(7)14)10(16)9(15)3-4-13/h1-2,5,9-10,13-16H,3-4H2,(H2,12,17). The summed E-state index contributed by atoms with van der Waals surface area (Å²) in [6.45, 7) is -0.265. The molecule has 0 spiro atoms. The van der Waals surface area contributed by atoms with Gasteiger partial charge in [0.25, 0.3) is 5.91 Å². The molecule has 1 amide bonds. The summed E-state index contributed by atoms with van der Waals surface area (Å²) in [7, 11) is 0. The molecule has 0 saturated heterocycles. The maximum Gasteiger partial charge on any atom is 0.252 e. The van der Waals surface area contributed by atoms with Crippen LogP contribution in [-0.4, -0.2) is 39.0 Å². The molecule has 1 rings (SSSR count). The number of benzene rings is 1. The highest BCUT2D eigenvalue weighted by Crippen LogP contribution is 2.24. The number of aliphatic hydroxyl groups is 3. The Kier molecular flexibility index (Phi) is 4.45. The van der Waals surface area contributed by atoms with E-state index in [4.69, 9.17) is 10.8 Å². The largest absolute Gasteiger partial charge is 0.507 e. The second-order valence-corrected chi connectivity index (χ2v) is 3.67. The Hall–Kier alpha value is -1.63. The number of aliphatic hydroxyl groups excluding tert-OH is 3.